The summed E-state index contributed by atoms with van der Waals surface area (Å²) in [6.45, 7) is 2.38. The number of nitrogens with zero attached hydrogens (tertiary/aromatic N) is 1. The van der Waals surface area contributed by atoms with Gasteiger partial charge in [0.2, 0.25) is 0 Å². The minimum Gasteiger partial charge on any atom is -0.462 e. The Balaban J connectivity index is 1.28. The summed E-state index contributed by atoms with van der Waals surface area (Å²) in [5, 5.41) is 10.4. The number of rotatable bonds is 7. The van der Waals surface area contributed by atoms with E-state index in [2.05, 4.69) is 4.90 Å². The number of β-amino-alcohol motifs (C(OH)–C–C–N with tert-alkyl or cyclic N) is 1. The fourth-order valence-corrected chi connectivity index (χ4v) is 5.07. The van der Waals surface area contributed by atoms with Crippen molar-refractivity contribution in [3.8, 4) is 0 Å². The lowest BCUT2D eigenvalue weighted by atomic mass is 9.88. The van der Waals surface area contributed by atoms with Crippen LogP contribution in [-0.4, -0.2) is 48.3 Å². The van der Waals surface area contributed by atoms with Crippen molar-refractivity contribution in [1.82, 2.24) is 4.90 Å². The quantitative estimate of drug-likeness (QED) is 0.376. The number of aliphatic hydroxyl groups is 1. The standard InChI is InChI=1S/C27H29ClF3NO3/c28-25-8-6-21(16-24(25)27(29,30)31)19-9-12-32(13-10-19)17-23(33)7-5-18-3-1-2-4-20(18)15-22-11-14-35-26(22)34/h1-4,6,8,15-16,19,23,33H,5,7,9-14,17H2/b22-15+/t23-/m1/s1. The smallest absolute Gasteiger partial charge is 0.417 e. The maximum Gasteiger partial charge on any atom is 0.417 e. The number of likely N-dealkylation sites (tertiary alicyclic amines) is 1. The van der Waals surface area contributed by atoms with E-state index < -0.39 is 17.8 Å². The molecule has 0 spiro atoms. The molecule has 8 heteroatoms. The monoisotopic (exact) mass is 507 g/mol. The molecule has 2 heterocycles. The third-order valence-corrected chi connectivity index (χ3v) is 7.15. The Morgan fingerprint density at radius 2 is 1.91 bits per heavy atom. The van der Waals surface area contributed by atoms with Gasteiger partial charge in [0.15, 0.2) is 0 Å². The molecule has 2 saturated heterocycles. The zero-order valence-electron chi connectivity index (χ0n) is 19.4. The van der Waals surface area contributed by atoms with Crippen LogP contribution in [0.2, 0.25) is 5.02 Å². The Morgan fingerprint density at radius 1 is 1.17 bits per heavy atom. The lowest BCUT2D eigenvalue weighted by Gasteiger charge is -2.33. The maximum absolute atomic E-state index is 13.2. The molecule has 35 heavy (non-hydrogen) atoms. The van der Waals surface area contributed by atoms with Gasteiger partial charge in [0, 0.05) is 18.5 Å². The topological polar surface area (TPSA) is 49.8 Å². The molecule has 0 amide bonds. The zero-order valence-corrected chi connectivity index (χ0v) is 20.1. The summed E-state index contributed by atoms with van der Waals surface area (Å²) in [5.41, 5.74) is 2.59. The normalized spacial score (nSPS) is 19.8. The molecular formula is C27H29ClF3NO3. The van der Waals surface area contributed by atoms with Crippen LogP contribution >= 0.6 is 11.6 Å². The van der Waals surface area contributed by atoms with E-state index in [0.29, 0.717) is 43.6 Å². The van der Waals surface area contributed by atoms with E-state index in [1.165, 1.54) is 12.1 Å². The molecule has 0 aromatic heterocycles. The number of hydrogen-bond donors (Lipinski definition) is 1. The van der Waals surface area contributed by atoms with E-state index in [9.17, 15) is 23.1 Å². The molecule has 1 N–H and O–H groups in total. The zero-order chi connectivity index (χ0) is 25.0. The largest absolute Gasteiger partial charge is 0.462 e. The highest BCUT2D eigenvalue weighted by molar-refractivity contribution is 6.31. The Morgan fingerprint density at radius 3 is 2.60 bits per heavy atom. The summed E-state index contributed by atoms with van der Waals surface area (Å²) in [6, 6.07) is 12.0. The number of aryl methyl sites for hydroxylation is 1. The molecule has 0 bridgehead atoms. The number of ether oxygens (including phenoxy) is 1. The lowest BCUT2D eigenvalue weighted by Crippen LogP contribution is -2.38. The summed E-state index contributed by atoms with van der Waals surface area (Å²) in [6.07, 6.45) is 0.233. The van der Waals surface area contributed by atoms with Gasteiger partial charge >= 0.3 is 12.1 Å². The summed E-state index contributed by atoms with van der Waals surface area (Å²) in [5.74, 6) is -0.222. The Bertz CT molecular complexity index is 1080. The van der Waals surface area contributed by atoms with Gasteiger partial charge in [-0.1, -0.05) is 41.9 Å². The highest BCUT2D eigenvalue weighted by Crippen LogP contribution is 2.38. The fourth-order valence-electron chi connectivity index (χ4n) is 4.84. The van der Waals surface area contributed by atoms with Gasteiger partial charge in [-0.2, -0.15) is 13.2 Å². The SMILES string of the molecule is O=C1OCC/C1=C\c1ccccc1CC[C@@H](O)CN1CCC(c2ccc(Cl)c(C(F)(F)F)c2)CC1. The molecule has 1 atom stereocenters. The van der Waals surface area contributed by atoms with Crippen molar-refractivity contribution >= 4 is 23.6 Å². The van der Waals surface area contributed by atoms with Gasteiger partial charge in [0.25, 0.3) is 0 Å². The number of carbonyl (C=O) groups excluding carboxylic acids is 1. The van der Waals surface area contributed by atoms with Crippen molar-refractivity contribution in [2.45, 2.75) is 50.3 Å². The summed E-state index contributed by atoms with van der Waals surface area (Å²) >= 11 is 5.75. The number of benzene rings is 2. The van der Waals surface area contributed by atoms with E-state index >= 15 is 0 Å². The van der Waals surface area contributed by atoms with Crippen LogP contribution < -0.4 is 0 Å². The van der Waals surface area contributed by atoms with Crippen molar-refractivity contribution < 1.29 is 27.8 Å². The third kappa shape index (κ3) is 6.66. The number of esters is 1. The van der Waals surface area contributed by atoms with Crippen LogP contribution in [0, 0.1) is 0 Å². The van der Waals surface area contributed by atoms with Crippen LogP contribution in [-0.2, 0) is 22.1 Å². The second-order valence-electron chi connectivity index (χ2n) is 9.26. The Hall–Kier alpha value is -2.35. The molecular weight excluding hydrogens is 479 g/mol. The van der Waals surface area contributed by atoms with Crippen molar-refractivity contribution in [2.75, 3.05) is 26.2 Å². The minimum absolute atomic E-state index is 0.0453. The van der Waals surface area contributed by atoms with Crippen molar-refractivity contribution in [1.29, 1.82) is 0 Å². The second-order valence-corrected chi connectivity index (χ2v) is 9.67. The number of hydrogen-bond acceptors (Lipinski definition) is 4. The van der Waals surface area contributed by atoms with Gasteiger partial charge in [-0.3, -0.25) is 0 Å². The van der Waals surface area contributed by atoms with Gasteiger partial charge in [-0.25, -0.2) is 4.79 Å². The number of aliphatic hydroxyl groups excluding tert-OH is 1. The number of cyclic esters (lactones) is 1. The van der Waals surface area contributed by atoms with Gasteiger partial charge < -0.3 is 14.7 Å². The van der Waals surface area contributed by atoms with Crippen molar-refractivity contribution in [2.24, 2.45) is 0 Å². The maximum atomic E-state index is 13.2. The van der Waals surface area contributed by atoms with Crippen LogP contribution in [0.1, 0.15) is 53.9 Å². The molecule has 188 valence electrons. The summed E-state index contributed by atoms with van der Waals surface area (Å²) < 4.78 is 44.6. The number of halogens is 4. The molecule has 2 aliphatic heterocycles. The highest BCUT2D eigenvalue weighted by Gasteiger charge is 2.34. The third-order valence-electron chi connectivity index (χ3n) is 6.82. The Kier molecular flexibility index (Phi) is 8.19. The molecule has 4 rings (SSSR count). The van der Waals surface area contributed by atoms with E-state index in [1.807, 2.05) is 30.3 Å². The van der Waals surface area contributed by atoms with E-state index in [4.69, 9.17) is 16.3 Å². The Labute approximate surface area is 208 Å². The number of piperidine rings is 1. The molecule has 0 aliphatic carbocycles. The summed E-state index contributed by atoms with van der Waals surface area (Å²) in [4.78, 5) is 13.9. The van der Waals surface area contributed by atoms with Crippen LogP contribution in [0.25, 0.3) is 6.08 Å². The van der Waals surface area contributed by atoms with Crippen LogP contribution in [0.4, 0.5) is 13.2 Å². The van der Waals surface area contributed by atoms with Gasteiger partial charge in [0.05, 0.1) is 23.3 Å². The van der Waals surface area contributed by atoms with E-state index in [-0.39, 0.29) is 16.9 Å². The first-order chi connectivity index (χ1) is 16.7. The minimum atomic E-state index is -4.46. The molecule has 0 radical (unpaired) electrons. The molecule has 2 aromatic rings. The first kappa shape index (κ1) is 25.7. The van der Waals surface area contributed by atoms with Crippen LogP contribution in [0.3, 0.4) is 0 Å². The average Bonchev–Trinajstić information content (AvgIpc) is 3.23. The van der Waals surface area contributed by atoms with Gasteiger partial charge in [-0.05, 0) is 79.6 Å². The molecule has 2 aromatic carbocycles. The predicted molar refractivity (Wildman–Crippen MR) is 129 cm³/mol. The summed E-state index contributed by atoms with van der Waals surface area (Å²) in [7, 11) is 0. The highest BCUT2D eigenvalue weighted by atomic mass is 35.5. The van der Waals surface area contributed by atoms with Gasteiger partial charge in [-0.15, -0.1) is 0 Å². The van der Waals surface area contributed by atoms with Gasteiger partial charge in [0.1, 0.15) is 0 Å². The second kappa shape index (κ2) is 11.1. The van der Waals surface area contributed by atoms with Crippen molar-refractivity contribution in [3.63, 3.8) is 0 Å². The average molecular weight is 508 g/mol. The number of carbonyl (C=O) groups is 1. The van der Waals surface area contributed by atoms with Crippen molar-refractivity contribution in [3.05, 3.63) is 75.3 Å². The molecule has 0 unspecified atom stereocenters. The van der Waals surface area contributed by atoms with E-state index in [1.54, 1.807) is 6.07 Å². The van der Waals surface area contributed by atoms with E-state index in [0.717, 1.165) is 37.1 Å². The molecule has 0 saturated carbocycles. The molecule has 2 fully saturated rings. The van der Waals surface area contributed by atoms with Crippen LogP contribution in [0.15, 0.2) is 48.0 Å². The molecule has 2 aliphatic rings. The lowest BCUT2D eigenvalue weighted by molar-refractivity contribution is -0.137. The predicted octanol–water partition coefficient (Wildman–Crippen LogP) is 5.86. The first-order valence-corrected chi connectivity index (χ1v) is 12.3. The first-order valence-electron chi connectivity index (χ1n) is 11.9. The van der Waals surface area contributed by atoms with Crippen LogP contribution in [0.5, 0.6) is 0 Å². The fraction of sp³-hybridized carbons (Fsp3) is 0.444. The number of alkyl halides is 3. The molecule has 4 nitrogen and oxygen atoms in total.